The molecule has 2 N–H and O–H groups in total. The molecule has 1 aromatic carbocycles. The number of carbonyl (C=O) groups excluding carboxylic acids is 1. The van der Waals surface area contributed by atoms with Crippen LogP contribution in [0.5, 0.6) is 5.75 Å². The summed E-state index contributed by atoms with van der Waals surface area (Å²) in [6, 6.07) is 7.24. The summed E-state index contributed by atoms with van der Waals surface area (Å²) in [7, 11) is 0. The predicted octanol–water partition coefficient (Wildman–Crippen LogP) is 2.59. The average molecular weight is 356 g/mol. The molecule has 0 bridgehead atoms. The Kier molecular flexibility index (Phi) is 5.22. The lowest BCUT2D eigenvalue weighted by Crippen LogP contribution is -2.41. The van der Waals surface area contributed by atoms with Gasteiger partial charge in [-0.05, 0) is 54.2 Å². The topological polar surface area (TPSA) is 75.6 Å². The minimum Gasteiger partial charge on any atom is -0.481 e. The lowest BCUT2D eigenvalue weighted by molar-refractivity contribution is -0.141. The van der Waals surface area contributed by atoms with Gasteiger partial charge < -0.3 is 15.2 Å². The van der Waals surface area contributed by atoms with Gasteiger partial charge in [0.15, 0.2) is 6.10 Å². The first-order valence-corrected chi connectivity index (χ1v) is 7.71. The second-order valence-corrected chi connectivity index (χ2v) is 6.10. The number of aliphatic carboxylic acids is 1. The van der Waals surface area contributed by atoms with E-state index in [0.717, 1.165) is 4.47 Å². The Morgan fingerprint density at radius 1 is 1.38 bits per heavy atom. The molecule has 0 radical (unpaired) electrons. The molecule has 0 spiro atoms. The number of para-hydroxylation sites is 1. The number of nitrogens with one attached hydrogen (secondary N) is 1. The van der Waals surface area contributed by atoms with Crippen molar-refractivity contribution in [2.24, 2.45) is 5.92 Å². The van der Waals surface area contributed by atoms with Crippen LogP contribution in [0.4, 0.5) is 0 Å². The zero-order valence-corrected chi connectivity index (χ0v) is 13.3. The lowest BCUT2D eigenvalue weighted by Gasteiger charge is -2.18. The minimum absolute atomic E-state index is 0.0798. The first kappa shape index (κ1) is 15.8. The summed E-state index contributed by atoms with van der Waals surface area (Å²) in [5.74, 6) is -0.754. The van der Waals surface area contributed by atoms with Gasteiger partial charge in [-0.1, -0.05) is 12.1 Å². The molecule has 114 valence electrons. The first-order valence-electron chi connectivity index (χ1n) is 6.91. The van der Waals surface area contributed by atoms with Crippen LogP contribution < -0.4 is 10.1 Å². The van der Waals surface area contributed by atoms with Crippen LogP contribution >= 0.6 is 15.9 Å². The summed E-state index contributed by atoms with van der Waals surface area (Å²) < 4.78 is 6.40. The van der Waals surface area contributed by atoms with Crippen molar-refractivity contribution in [3.63, 3.8) is 0 Å². The molecule has 2 rings (SSSR count). The van der Waals surface area contributed by atoms with Crippen molar-refractivity contribution in [2.45, 2.75) is 38.3 Å². The molecule has 1 saturated carbocycles. The van der Waals surface area contributed by atoms with Gasteiger partial charge in [0.25, 0.3) is 5.91 Å². The number of hydrogen-bond acceptors (Lipinski definition) is 3. The van der Waals surface area contributed by atoms with Crippen molar-refractivity contribution < 1.29 is 19.4 Å². The van der Waals surface area contributed by atoms with E-state index < -0.39 is 12.1 Å². The summed E-state index contributed by atoms with van der Waals surface area (Å²) in [4.78, 5) is 23.0. The highest BCUT2D eigenvalue weighted by molar-refractivity contribution is 9.10. The molecule has 0 aliphatic heterocycles. The highest BCUT2D eigenvalue weighted by Gasteiger charge is 2.31. The van der Waals surface area contributed by atoms with E-state index >= 15 is 0 Å². The first-order chi connectivity index (χ1) is 9.97. The molecule has 1 unspecified atom stereocenters. The zero-order valence-electron chi connectivity index (χ0n) is 11.7. The Hall–Kier alpha value is -1.56. The van der Waals surface area contributed by atoms with Gasteiger partial charge in [-0.25, -0.2) is 0 Å². The summed E-state index contributed by atoms with van der Waals surface area (Å²) in [6.45, 7) is 1.68. The zero-order chi connectivity index (χ0) is 15.4. The normalized spacial score (nSPS) is 22.6. The maximum atomic E-state index is 12.1. The quantitative estimate of drug-likeness (QED) is 0.850. The standard InChI is InChI=1S/C15H18BrNO4/c1-9(21-13-5-3-2-4-12(13)16)14(18)17-11-7-6-10(8-11)15(19)20/h2-5,9-11H,6-8H2,1H3,(H,17,18)(H,19,20)/t9?,10-,11+/m0/s1. The maximum Gasteiger partial charge on any atom is 0.306 e. The van der Waals surface area contributed by atoms with Crippen LogP contribution in [-0.4, -0.2) is 29.1 Å². The van der Waals surface area contributed by atoms with Crippen LogP contribution in [0.15, 0.2) is 28.7 Å². The van der Waals surface area contributed by atoms with E-state index in [-0.39, 0.29) is 17.9 Å². The number of benzene rings is 1. The van der Waals surface area contributed by atoms with E-state index in [1.54, 1.807) is 13.0 Å². The van der Waals surface area contributed by atoms with Crippen molar-refractivity contribution in [1.82, 2.24) is 5.32 Å². The molecule has 0 heterocycles. The number of hydrogen-bond donors (Lipinski definition) is 2. The van der Waals surface area contributed by atoms with E-state index in [4.69, 9.17) is 9.84 Å². The number of rotatable bonds is 5. The number of ether oxygens (including phenoxy) is 1. The van der Waals surface area contributed by atoms with Gasteiger partial charge in [-0.2, -0.15) is 0 Å². The number of halogens is 1. The molecule has 1 aromatic rings. The van der Waals surface area contributed by atoms with Crippen molar-refractivity contribution in [1.29, 1.82) is 0 Å². The highest BCUT2D eigenvalue weighted by atomic mass is 79.9. The monoisotopic (exact) mass is 355 g/mol. The summed E-state index contributed by atoms with van der Waals surface area (Å²) in [5, 5.41) is 11.8. The van der Waals surface area contributed by atoms with Crippen LogP contribution in [-0.2, 0) is 9.59 Å². The SMILES string of the molecule is CC(Oc1ccccc1Br)C(=O)N[C@@H]1CC[C@H](C(=O)O)C1. The molecule has 6 heteroatoms. The van der Waals surface area contributed by atoms with Gasteiger partial charge in [-0.3, -0.25) is 9.59 Å². The summed E-state index contributed by atoms with van der Waals surface area (Å²) >= 11 is 3.36. The highest BCUT2D eigenvalue weighted by Crippen LogP contribution is 2.27. The fourth-order valence-electron chi connectivity index (χ4n) is 2.44. The van der Waals surface area contributed by atoms with Crippen LogP contribution in [0.2, 0.25) is 0 Å². The van der Waals surface area contributed by atoms with Gasteiger partial charge in [0, 0.05) is 6.04 Å². The van der Waals surface area contributed by atoms with Crippen molar-refractivity contribution in [2.75, 3.05) is 0 Å². The third-order valence-electron chi connectivity index (χ3n) is 3.64. The van der Waals surface area contributed by atoms with E-state index in [0.29, 0.717) is 25.0 Å². The molecular weight excluding hydrogens is 338 g/mol. The third kappa shape index (κ3) is 4.20. The number of carbonyl (C=O) groups is 2. The van der Waals surface area contributed by atoms with E-state index in [1.165, 1.54) is 0 Å². The van der Waals surface area contributed by atoms with Crippen molar-refractivity contribution in [3.05, 3.63) is 28.7 Å². The Morgan fingerprint density at radius 2 is 2.10 bits per heavy atom. The van der Waals surface area contributed by atoms with Gasteiger partial charge in [0.05, 0.1) is 10.4 Å². The van der Waals surface area contributed by atoms with Gasteiger partial charge in [0.1, 0.15) is 5.75 Å². The third-order valence-corrected chi connectivity index (χ3v) is 4.29. The fourth-order valence-corrected chi connectivity index (χ4v) is 2.82. The molecule has 0 aromatic heterocycles. The van der Waals surface area contributed by atoms with E-state index in [9.17, 15) is 9.59 Å². The van der Waals surface area contributed by atoms with E-state index in [2.05, 4.69) is 21.2 Å². The fraction of sp³-hybridized carbons (Fsp3) is 0.467. The maximum absolute atomic E-state index is 12.1. The van der Waals surface area contributed by atoms with Crippen LogP contribution in [0.3, 0.4) is 0 Å². The lowest BCUT2D eigenvalue weighted by atomic mass is 10.1. The Bertz CT molecular complexity index is 534. The smallest absolute Gasteiger partial charge is 0.306 e. The van der Waals surface area contributed by atoms with Crippen LogP contribution in [0, 0.1) is 5.92 Å². The van der Waals surface area contributed by atoms with Crippen molar-refractivity contribution >= 4 is 27.8 Å². The Labute approximate surface area is 131 Å². The minimum atomic E-state index is -0.788. The molecule has 1 aliphatic carbocycles. The molecule has 5 nitrogen and oxygen atoms in total. The largest absolute Gasteiger partial charge is 0.481 e. The summed E-state index contributed by atoms with van der Waals surface area (Å²) in [6.07, 6.45) is 1.17. The molecule has 1 fully saturated rings. The van der Waals surface area contributed by atoms with Crippen LogP contribution in [0.1, 0.15) is 26.2 Å². The molecule has 3 atom stereocenters. The van der Waals surface area contributed by atoms with E-state index in [1.807, 2.05) is 18.2 Å². The second-order valence-electron chi connectivity index (χ2n) is 5.24. The second kappa shape index (κ2) is 6.93. The van der Waals surface area contributed by atoms with Crippen molar-refractivity contribution in [3.8, 4) is 5.75 Å². The molecule has 1 aliphatic rings. The summed E-state index contributed by atoms with van der Waals surface area (Å²) in [5.41, 5.74) is 0. The van der Waals surface area contributed by atoms with Crippen LogP contribution in [0.25, 0.3) is 0 Å². The Balaban J connectivity index is 1.86. The van der Waals surface area contributed by atoms with Gasteiger partial charge >= 0.3 is 5.97 Å². The number of carboxylic acid groups (broad SMARTS) is 1. The molecule has 21 heavy (non-hydrogen) atoms. The number of amides is 1. The van der Waals surface area contributed by atoms with Gasteiger partial charge in [-0.15, -0.1) is 0 Å². The number of carboxylic acids is 1. The molecule has 1 amide bonds. The van der Waals surface area contributed by atoms with Gasteiger partial charge in [0.2, 0.25) is 0 Å². The Morgan fingerprint density at radius 3 is 2.71 bits per heavy atom. The molecular formula is C15H18BrNO4. The predicted molar refractivity (Wildman–Crippen MR) is 81.1 cm³/mol. The molecule has 0 saturated heterocycles. The average Bonchev–Trinajstić information content (AvgIpc) is 2.90.